The molecule has 1 N–H and O–H groups in total. The number of carboxylic acids is 1. The quantitative estimate of drug-likeness (QED) is 0.211. The molecule has 0 bridgehead atoms. The zero-order valence-corrected chi connectivity index (χ0v) is 25.9. The minimum Gasteiger partial charge on any atom is -0.481 e. The number of carboxylic acid groups (broad SMARTS) is 1. The van der Waals surface area contributed by atoms with Gasteiger partial charge in [0, 0.05) is 17.5 Å². The van der Waals surface area contributed by atoms with Gasteiger partial charge in [0.1, 0.15) is 28.1 Å². The summed E-state index contributed by atoms with van der Waals surface area (Å²) in [5.74, 6) is -0.903. The van der Waals surface area contributed by atoms with E-state index in [1.165, 1.54) is 6.92 Å². The van der Waals surface area contributed by atoms with E-state index in [0.29, 0.717) is 49.4 Å². The van der Waals surface area contributed by atoms with Crippen LogP contribution in [-0.2, 0) is 22.4 Å². The van der Waals surface area contributed by atoms with Crippen molar-refractivity contribution >= 4 is 55.6 Å². The van der Waals surface area contributed by atoms with Gasteiger partial charge in [-0.3, -0.25) is 19.2 Å². The predicted octanol–water partition coefficient (Wildman–Crippen LogP) is 7.50. The van der Waals surface area contributed by atoms with Gasteiger partial charge < -0.3 is 13.9 Å². The van der Waals surface area contributed by atoms with Crippen molar-refractivity contribution in [2.45, 2.75) is 61.3 Å². The maximum Gasteiger partial charge on any atom is 0.307 e. The second-order valence-electron chi connectivity index (χ2n) is 11.6. The molecule has 7 nitrogen and oxygen atoms in total. The van der Waals surface area contributed by atoms with Crippen LogP contribution in [0, 0.1) is 41.5 Å². The molecule has 6 rings (SSSR count). The lowest BCUT2D eigenvalue weighted by atomic mass is 9.98. The molecule has 0 aliphatic rings. The topological polar surface area (TPSA) is 115 Å². The maximum atomic E-state index is 12.9. The van der Waals surface area contributed by atoms with Crippen LogP contribution >= 0.6 is 0 Å². The van der Waals surface area contributed by atoms with Crippen molar-refractivity contribution < 1.29 is 23.5 Å². The minimum absolute atomic E-state index is 0.0257. The number of fused-ring (bicyclic) bond motifs is 4. The van der Waals surface area contributed by atoms with E-state index in [-0.39, 0.29) is 29.5 Å². The highest BCUT2D eigenvalue weighted by molar-refractivity contribution is 5.96. The number of benzene rings is 4. The molecule has 0 saturated carbocycles. The average Bonchev–Trinajstić information content (AvgIpc) is 2.95. The summed E-state index contributed by atoms with van der Waals surface area (Å²) >= 11 is 0. The van der Waals surface area contributed by atoms with E-state index in [2.05, 4.69) is 0 Å². The fourth-order valence-corrected chi connectivity index (χ4v) is 5.87. The average molecular weight is 591 g/mol. The Kier molecular flexibility index (Phi) is 8.00. The van der Waals surface area contributed by atoms with Gasteiger partial charge in [-0.1, -0.05) is 36.4 Å². The standard InChI is InChI=1S/C19H18O3.C18H16O4/c1-10-8-11(2)16-17(21)15-7-5-6-14(9-12(3)20)19(15)22-18(16)13(10)4;1-9-7-10(2)15-16(21)13-6-4-5-12(8-14(19)20)18(13)22-17(15)11(9)3/h5-8H,9H2,1-4H3;4-7H,8H2,1-3H3,(H,19,20). The number of rotatable bonds is 4. The van der Waals surface area contributed by atoms with Gasteiger partial charge in [0.05, 0.1) is 28.0 Å². The highest BCUT2D eigenvalue weighted by Crippen LogP contribution is 2.29. The first kappa shape index (κ1) is 30.4. The molecule has 0 aliphatic heterocycles. The molecule has 6 aromatic rings. The predicted molar refractivity (Wildman–Crippen MR) is 174 cm³/mol. The summed E-state index contributed by atoms with van der Waals surface area (Å²) in [5.41, 5.74) is 9.04. The molecule has 2 heterocycles. The Balaban J connectivity index is 0.000000175. The van der Waals surface area contributed by atoms with Crippen molar-refractivity contribution in [3.05, 3.63) is 113 Å². The Hall–Kier alpha value is -5.04. The summed E-state index contributed by atoms with van der Waals surface area (Å²) in [7, 11) is 0. The third-order valence-electron chi connectivity index (χ3n) is 8.30. The molecule has 0 spiro atoms. The molecule has 224 valence electrons. The Labute approximate surface area is 253 Å². The van der Waals surface area contributed by atoms with Crippen molar-refractivity contribution in [2.75, 3.05) is 0 Å². The van der Waals surface area contributed by atoms with Crippen molar-refractivity contribution in [3.63, 3.8) is 0 Å². The number of ketones is 1. The van der Waals surface area contributed by atoms with Crippen LogP contribution in [-0.4, -0.2) is 16.9 Å². The van der Waals surface area contributed by atoms with Crippen LogP contribution < -0.4 is 10.9 Å². The van der Waals surface area contributed by atoms with Crippen molar-refractivity contribution in [3.8, 4) is 0 Å². The number of aryl methyl sites for hydroxylation is 6. The van der Waals surface area contributed by atoms with Crippen LogP contribution in [0.25, 0.3) is 43.9 Å². The number of aliphatic carboxylic acids is 1. The third-order valence-corrected chi connectivity index (χ3v) is 8.30. The first-order valence-electron chi connectivity index (χ1n) is 14.4. The molecule has 0 unspecified atom stereocenters. The summed E-state index contributed by atoms with van der Waals surface area (Å²) in [4.78, 5) is 48.1. The molecule has 0 fully saturated rings. The second kappa shape index (κ2) is 11.6. The summed E-state index contributed by atoms with van der Waals surface area (Å²) < 4.78 is 12.1. The van der Waals surface area contributed by atoms with Gasteiger partial charge >= 0.3 is 5.97 Å². The van der Waals surface area contributed by atoms with Crippen molar-refractivity contribution in [1.82, 2.24) is 0 Å². The molecule has 0 aliphatic carbocycles. The fraction of sp³-hybridized carbons (Fsp3) is 0.243. The number of para-hydroxylation sites is 2. The highest BCUT2D eigenvalue weighted by Gasteiger charge is 2.18. The number of hydrogen-bond donors (Lipinski definition) is 1. The van der Waals surface area contributed by atoms with Gasteiger partial charge in [-0.15, -0.1) is 0 Å². The van der Waals surface area contributed by atoms with Crippen LogP contribution in [0.4, 0.5) is 0 Å². The van der Waals surface area contributed by atoms with Crippen LogP contribution in [0.15, 0.2) is 67.0 Å². The first-order valence-corrected chi connectivity index (χ1v) is 14.4. The van der Waals surface area contributed by atoms with Gasteiger partial charge in [-0.25, -0.2) is 0 Å². The SMILES string of the molecule is CC(=O)Cc1cccc2c(=O)c3c(C)cc(C)c(C)c3oc12.Cc1cc(C)c2c(=O)c3cccc(CC(=O)O)c3oc2c1C. The van der Waals surface area contributed by atoms with Gasteiger partial charge in [-0.05, 0) is 94.0 Å². The molecule has 7 heteroatoms. The molecule has 4 aromatic carbocycles. The molecule has 0 amide bonds. The molecule has 2 aromatic heterocycles. The normalized spacial score (nSPS) is 11.2. The molecule has 0 atom stereocenters. The van der Waals surface area contributed by atoms with E-state index in [0.717, 1.165) is 38.9 Å². The summed E-state index contributed by atoms with van der Waals surface area (Å²) in [5, 5.41) is 11.2. The van der Waals surface area contributed by atoms with Crippen LogP contribution in [0.1, 0.15) is 51.4 Å². The molecular weight excluding hydrogens is 556 g/mol. The van der Waals surface area contributed by atoms with E-state index in [1.807, 2.05) is 59.7 Å². The molecular formula is C37H34O7. The zero-order valence-electron chi connectivity index (χ0n) is 25.9. The Morgan fingerprint density at radius 1 is 0.614 bits per heavy atom. The van der Waals surface area contributed by atoms with Crippen molar-refractivity contribution in [2.24, 2.45) is 0 Å². The van der Waals surface area contributed by atoms with E-state index >= 15 is 0 Å². The highest BCUT2D eigenvalue weighted by atomic mass is 16.4. The summed E-state index contributed by atoms with van der Waals surface area (Å²) in [6.45, 7) is 13.2. The van der Waals surface area contributed by atoms with E-state index in [1.54, 1.807) is 30.3 Å². The lowest BCUT2D eigenvalue weighted by Gasteiger charge is -2.11. The summed E-state index contributed by atoms with van der Waals surface area (Å²) in [6.07, 6.45) is 0.102. The van der Waals surface area contributed by atoms with Crippen molar-refractivity contribution in [1.29, 1.82) is 0 Å². The number of Topliss-reactive ketones (excluding diaryl/α,β-unsaturated/α-hetero) is 1. The monoisotopic (exact) mass is 590 g/mol. The first-order chi connectivity index (χ1) is 20.8. The van der Waals surface area contributed by atoms with Gasteiger partial charge in [0.15, 0.2) is 0 Å². The zero-order chi connectivity index (χ0) is 32.0. The van der Waals surface area contributed by atoms with Gasteiger partial charge in [0.2, 0.25) is 10.9 Å². The number of hydrogen-bond acceptors (Lipinski definition) is 6. The molecule has 0 radical (unpaired) electrons. The summed E-state index contributed by atoms with van der Waals surface area (Å²) in [6, 6.07) is 14.5. The molecule has 0 saturated heterocycles. The lowest BCUT2D eigenvalue weighted by molar-refractivity contribution is -0.136. The fourth-order valence-electron chi connectivity index (χ4n) is 5.87. The van der Waals surface area contributed by atoms with E-state index in [4.69, 9.17) is 13.9 Å². The largest absolute Gasteiger partial charge is 0.481 e. The van der Waals surface area contributed by atoms with E-state index < -0.39 is 5.97 Å². The number of carbonyl (C=O) groups excluding carboxylic acids is 1. The molecule has 44 heavy (non-hydrogen) atoms. The maximum absolute atomic E-state index is 12.9. The Morgan fingerprint density at radius 3 is 1.41 bits per heavy atom. The third kappa shape index (κ3) is 5.30. The lowest BCUT2D eigenvalue weighted by Crippen LogP contribution is -2.08. The van der Waals surface area contributed by atoms with Crippen LogP contribution in [0.3, 0.4) is 0 Å². The minimum atomic E-state index is -0.951. The number of carbonyl (C=O) groups is 2. The van der Waals surface area contributed by atoms with Gasteiger partial charge in [0.25, 0.3) is 0 Å². The van der Waals surface area contributed by atoms with E-state index in [9.17, 15) is 19.2 Å². The van der Waals surface area contributed by atoms with Crippen LogP contribution in [0.5, 0.6) is 0 Å². The smallest absolute Gasteiger partial charge is 0.307 e. The second-order valence-corrected chi connectivity index (χ2v) is 11.6. The van der Waals surface area contributed by atoms with Gasteiger partial charge in [-0.2, -0.15) is 0 Å². The Morgan fingerprint density at radius 2 is 1.02 bits per heavy atom. The van der Waals surface area contributed by atoms with Crippen LogP contribution in [0.2, 0.25) is 0 Å². The Bertz CT molecular complexity index is 2120.